The Hall–Kier alpha value is -2.10. The second-order valence-electron chi connectivity index (χ2n) is 4.86. The molecule has 0 aliphatic carbocycles. The lowest BCUT2D eigenvalue weighted by atomic mass is 10.1. The van der Waals surface area contributed by atoms with Crippen molar-refractivity contribution >= 4 is 46.6 Å². The van der Waals surface area contributed by atoms with E-state index in [2.05, 4.69) is 5.10 Å². The van der Waals surface area contributed by atoms with E-state index in [4.69, 9.17) is 23.2 Å². The van der Waals surface area contributed by atoms with Crippen molar-refractivity contribution in [1.82, 2.24) is 0 Å². The summed E-state index contributed by atoms with van der Waals surface area (Å²) in [5, 5.41) is 6.78. The molecular weight excluding hydrogens is 319 g/mol. The quantitative estimate of drug-likeness (QED) is 0.728. The summed E-state index contributed by atoms with van der Waals surface area (Å²) in [5.74, 6) is -0.172. The Balaban J connectivity index is 1.98. The van der Waals surface area contributed by atoms with Crippen LogP contribution in [0.4, 0.5) is 5.69 Å². The van der Waals surface area contributed by atoms with Crippen molar-refractivity contribution in [3.8, 4) is 0 Å². The third-order valence-electron chi connectivity index (χ3n) is 3.33. The number of anilines is 1. The van der Waals surface area contributed by atoms with Crippen LogP contribution in [0.25, 0.3) is 6.08 Å². The molecule has 0 unspecified atom stereocenters. The molecule has 1 aliphatic heterocycles. The van der Waals surface area contributed by atoms with Crippen molar-refractivity contribution < 1.29 is 4.79 Å². The molecule has 1 amide bonds. The van der Waals surface area contributed by atoms with Gasteiger partial charge in [0.1, 0.15) is 0 Å². The molecule has 0 aromatic heterocycles. The second-order valence-corrected chi connectivity index (χ2v) is 5.71. The van der Waals surface area contributed by atoms with Crippen molar-refractivity contribution in [3.05, 3.63) is 69.7 Å². The van der Waals surface area contributed by atoms with E-state index in [1.54, 1.807) is 31.2 Å². The topological polar surface area (TPSA) is 32.7 Å². The summed E-state index contributed by atoms with van der Waals surface area (Å²) in [5.41, 5.74) is 2.64. The van der Waals surface area contributed by atoms with E-state index in [1.807, 2.05) is 30.3 Å². The largest absolute Gasteiger partial charge is 0.280 e. The van der Waals surface area contributed by atoms with Gasteiger partial charge >= 0.3 is 0 Å². The maximum atomic E-state index is 12.6. The number of hydrogen-bond acceptors (Lipinski definition) is 2. The zero-order chi connectivity index (χ0) is 15.7. The van der Waals surface area contributed by atoms with Gasteiger partial charge < -0.3 is 0 Å². The molecule has 0 N–H and O–H groups in total. The van der Waals surface area contributed by atoms with Crippen molar-refractivity contribution in [1.29, 1.82) is 0 Å². The lowest BCUT2D eigenvalue weighted by Crippen LogP contribution is -2.21. The highest BCUT2D eigenvalue weighted by Gasteiger charge is 2.28. The number of amides is 1. The molecule has 110 valence electrons. The van der Waals surface area contributed by atoms with Crippen LogP contribution in [0.3, 0.4) is 0 Å². The standard InChI is InChI=1S/C17H12Cl2N2O/c1-11-15(9-12-7-8-13(18)10-16(12)19)17(22)21(20-11)14-5-3-2-4-6-14/h2-10H,1H3. The maximum absolute atomic E-state index is 12.6. The van der Waals surface area contributed by atoms with Crippen molar-refractivity contribution in [3.63, 3.8) is 0 Å². The zero-order valence-electron chi connectivity index (χ0n) is 11.8. The summed E-state index contributed by atoms with van der Waals surface area (Å²) in [6.45, 7) is 1.80. The first-order valence-electron chi connectivity index (χ1n) is 6.68. The number of para-hydroxylation sites is 1. The monoisotopic (exact) mass is 330 g/mol. The van der Waals surface area contributed by atoms with Gasteiger partial charge in [-0.1, -0.05) is 47.5 Å². The molecule has 0 atom stereocenters. The van der Waals surface area contributed by atoms with E-state index in [1.165, 1.54) is 5.01 Å². The first-order valence-corrected chi connectivity index (χ1v) is 7.43. The van der Waals surface area contributed by atoms with Gasteiger partial charge in [-0.25, -0.2) is 0 Å². The highest BCUT2D eigenvalue weighted by molar-refractivity contribution is 6.36. The molecule has 0 spiro atoms. The predicted molar refractivity (Wildman–Crippen MR) is 91.5 cm³/mol. The van der Waals surface area contributed by atoms with Crippen molar-refractivity contribution in [2.45, 2.75) is 6.92 Å². The smallest absolute Gasteiger partial charge is 0.267 e. The average molecular weight is 331 g/mol. The van der Waals surface area contributed by atoms with Crippen LogP contribution in [0.15, 0.2) is 59.2 Å². The number of hydrazone groups is 1. The van der Waals surface area contributed by atoms with Gasteiger partial charge in [-0.2, -0.15) is 10.1 Å². The van der Waals surface area contributed by atoms with Crippen LogP contribution in [0.5, 0.6) is 0 Å². The van der Waals surface area contributed by atoms with Crippen molar-refractivity contribution in [2.75, 3.05) is 5.01 Å². The fraction of sp³-hybridized carbons (Fsp3) is 0.0588. The number of nitrogens with zero attached hydrogens (tertiary/aromatic N) is 2. The van der Waals surface area contributed by atoms with Gasteiger partial charge in [0.15, 0.2) is 0 Å². The summed E-state index contributed by atoms with van der Waals surface area (Å²) >= 11 is 12.1. The Morgan fingerprint density at radius 1 is 1.09 bits per heavy atom. The average Bonchev–Trinajstić information content (AvgIpc) is 2.79. The van der Waals surface area contributed by atoms with Crippen LogP contribution in [0.1, 0.15) is 12.5 Å². The number of carbonyl (C=O) groups excluding carboxylic acids is 1. The molecule has 0 saturated carbocycles. The Bertz CT molecular complexity index is 798. The van der Waals surface area contributed by atoms with E-state index in [-0.39, 0.29) is 5.91 Å². The molecule has 0 fully saturated rings. The Kier molecular flexibility index (Phi) is 4.01. The molecule has 2 aromatic carbocycles. The van der Waals surface area contributed by atoms with Crippen LogP contribution in [-0.4, -0.2) is 11.6 Å². The predicted octanol–water partition coefficient (Wildman–Crippen LogP) is 4.80. The first kappa shape index (κ1) is 14.8. The Morgan fingerprint density at radius 3 is 2.50 bits per heavy atom. The molecule has 3 rings (SSSR count). The molecular formula is C17H12Cl2N2O. The number of hydrogen-bond donors (Lipinski definition) is 0. The van der Waals surface area contributed by atoms with Crippen LogP contribution in [-0.2, 0) is 4.79 Å². The highest BCUT2D eigenvalue weighted by atomic mass is 35.5. The Morgan fingerprint density at radius 2 is 1.82 bits per heavy atom. The van der Waals surface area contributed by atoms with E-state index < -0.39 is 0 Å². The van der Waals surface area contributed by atoms with E-state index in [0.717, 1.165) is 11.3 Å². The van der Waals surface area contributed by atoms with Gasteiger partial charge in [-0.05, 0) is 42.8 Å². The van der Waals surface area contributed by atoms with E-state index >= 15 is 0 Å². The summed E-state index contributed by atoms with van der Waals surface area (Å²) in [4.78, 5) is 12.6. The van der Waals surface area contributed by atoms with E-state index in [0.29, 0.717) is 21.3 Å². The third-order valence-corrected chi connectivity index (χ3v) is 3.89. The van der Waals surface area contributed by atoms with Crippen LogP contribution >= 0.6 is 23.2 Å². The van der Waals surface area contributed by atoms with Crippen LogP contribution < -0.4 is 5.01 Å². The number of benzene rings is 2. The summed E-state index contributed by atoms with van der Waals surface area (Å²) in [6.07, 6.45) is 1.74. The Labute approximate surface area is 138 Å². The van der Waals surface area contributed by atoms with Gasteiger partial charge in [0.2, 0.25) is 0 Å². The summed E-state index contributed by atoms with van der Waals surface area (Å²) < 4.78 is 0. The maximum Gasteiger partial charge on any atom is 0.280 e. The van der Waals surface area contributed by atoms with Crippen molar-refractivity contribution in [2.24, 2.45) is 5.10 Å². The SMILES string of the molecule is CC1=NN(c2ccccc2)C(=O)C1=Cc1ccc(Cl)cc1Cl. The lowest BCUT2D eigenvalue weighted by molar-refractivity contribution is -0.114. The second kappa shape index (κ2) is 5.95. The minimum Gasteiger partial charge on any atom is -0.267 e. The molecule has 1 heterocycles. The number of halogens is 2. The fourth-order valence-corrected chi connectivity index (χ4v) is 2.67. The number of carbonyl (C=O) groups is 1. The van der Waals surface area contributed by atoms with Gasteiger partial charge in [-0.3, -0.25) is 4.79 Å². The lowest BCUT2D eigenvalue weighted by Gasteiger charge is -2.11. The highest BCUT2D eigenvalue weighted by Crippen LogP contribution is 2.27. The van der Waals surface area contributed by atoms with Gasteiger partial charge in [0.05, 0.1) is 17.0 Å². The fourth-order valence-electron chi connectivity index (χ4n) is 2.20. The van der Waals surface area contributed by atoms with E-state index in [9.17, 15) is 4.79 Å². The summed E-state index contributed by atoms with van der Waals surface area (Å²) in [7, 11) is 0. The minimum absolute atomic E-state index is 0.172. The van der Waals surface area contributed by atoms with Gasteiger partial charge in [0, 0.05) is 10.0 Å². The normalized spacial score (nSPS) is 16.3. The molecule has 0 radical (unpaired) electrons. The number of rotatable bonds is 2. The molecule has 3 nitrogen and oxygen atoms in total. The van der Waals surface area contributed by atoms with Gasteiger partial charge in [-0.15, -0.1) is 0 Å². The molecule has 0 saturated heterocycles. The third kappa shape index (κ3) is 2.78. The molecule has 22 heavy (non-hydrogen) atoms. The molecule has 2 aromatic rings. The molecule has 1 aliphatic rings. The van der Waals surface area contributed by atoms with Gasteiger partial charge in [0.25, 0.3) is 5.91 Å². The minimum atomic E-state index is -0.172. The van der Waals surface area contributed by atoms with Crippen LogP contribution in [0.2, 0.25) is 10.0 Å². The summed E-state index contributed by atoms with van der Waals surface area (Å²) in [6, 6.07) is 14.5. The zero-order valence-corrected chi connectivity index (χ0v) is 13.3. The molecule has 5 heteroatoms. The van der Waals surface area contributed by atoms with Crippen LogP contribution in [0, 0.1) is 0 Å². The first-order chi connectivity index (χ1) is 10.6. The molecule has 0 bridgehead atoms.